The summed E-state index contributed by atoms with van der Waals surface area (Å²) in [6, 6.07) is 10.3. The van der Waals surface area contributed by atoms with Crippen LogP contribution in [-0.4, -0.2) is 17.6 Å². The number of thioether (sulfide) groups is 1. The summed E-state index contributed by atoms with van der Waals surface area (Å²) in [7, 11) is 0. The van der Waals surface area contributed by atoms with Gasteiger partial charge < -0.3 is 5.32 Å². The summed E-state index contributed by atoms with van der Waals surface area (Å²) in [6.45, 7) is 1.91. The van der Waals surface area contributed by atoms with Crippen molar-refractivity contribution < 1.29 is 18.4 Å². The van der Waals surface area contributed by atoms with E-state index in [9.17, 15) is 18.4 Å². The molecule has 0 saturated carbocycles. The second-order valence-electron chi connectivity index (χ2n) is 5.91. The highest BCUT2D eigenvalue weighted by Gasteiger charge is 2.36. The van der Waals surface area contributed by atoms with E-state index in [1.807, 2.05) is 6.92 Å². The Kier molecular flexibility index (Phi) is 5.56. The third-order valence-electron chi connectivity index (χ3n) is 4.02. The minimum Gasteiger partial charge on any atom is -0.326 e. The maximum Gasteiger partial charge on any atom is 0.238 e. The number of nitrogens with one attached hydrogen (secondary N) is 1. The Labute approximate surface area is 154 Å². The molecule has 136 valence electrons. The fourth-order valence-corrected chi connectivity index (χ4v) is 4.06. The number of para-hydroxylation sites is 1. The highest BCUT2D eigenvalue weighted by Crippen LogP contribution is 2.44. The molecule has 1 N–H and O–H groups in total. The molecule has 0 bridgehead atoms. The first-order valence-corrected chi connectivity index (χ1v) is 9.33. The van der Waals surface area contributed by atoms with Gasteiger partial charge in [0.2, 0.25) is 11.8 Å². The lowest BCUT2D eigenvalue weighted by Gasteiger charge is -2.26. The molecule has 0 aliphatic carbocycles. The van der Waals surface area contributed by atoms with Crippen molar-refractivity contribution in [1.82, 2.24) is 0 Å². The van der Waals surface area contributed by atoms with Crippen molar-refractivity contribution in [3.8, 4) is 0 Å². The van der Waals surface area contributed by atoms with Gasteiger partial charge >= 0.3 is 0 Å². The van der Waals surface area contributed by atoms with Crippen LogP contribution in [0.1, 0.15) is 30.7 Å². The average molecular weight is 376 g/mol. The Morgan fingerprint density at radius 2 is 2.04 bits per heavy atom. The molecule has 1 aliphatic heterocycles. The molecule has 1 aliphatic rings. The van der Waals surface area contributed by atoms with Crippen molar-refractivity contribution in [2.75, 3.05) is 16.0 Å². The molecule has 1 fully saturated rings. The van der Waals surface area contributed by atoms with Gasteiger partial charge in [-0.1, -0.05) is 25.1 Å². The van der Waals surface area contributed by atoms with Crippen LogP contribution in [-0.2, 0) is 9.59 Å². The molecule has 2 aromatic rings. The van der Waals surface area contributed by atoms with Gasteiger partial charge in [-0.3, -0.25) is 14.5 Å². The molecule has 1 atom stereocenters. The number of anilines is 2. The van der Waals surface area contributed by atoms with Gasteiger partial charge in [0.25, 0.3) is 0 Å². The molecular formula is C19H18F2N2O2S. The Morgan fingerprint density at radius 1 is 1.27 bits per heavy atom. The molecule has 2 amide bonds. The third-order valence-corrected chi connectivity index (χ3v) is 5.21. The normalized spacial score (nSPS) is 16.8. The summed E-state index contributed by atoms with van der Waals surface area (Å²) in [5.41, 5.74) is 1.32. The number of benzene rings is 2. The van der Waals surface area contributed by atoms with Gasteiger partial charge in [0.15, 0.2) is 0 Å². The zero-order valence-corrected chi connectivity index (χ0v) is 15.0. The number of amides is 2. The summed E-state index contributed by atoms with van der Waals surface area (Å²) in [5.74, 6) is -1.69. The van der Waals surface area contributed by atoms with E-state index in [4.69, 9.17) is 0 Å². The molecule has 2 aromatic carbocycles. The van der Waals surface area contributed by atoms with Crippen LogP contribution in [0.5, 0.6) is 0 Å². The number of hydrogen-bond donors (Lipinski definition) is 1. The van der Waals surface area contributed by atoms with Gasteiger partial charge in [0, 0.05) is 23.7 Å². The van der Waals surface area contributed by atoms with E-state index in [-0.39, 0.29) is 23.3 Å². The van der Waals surface area contributed by atoms with E-state index >= 15 is 0 Å². The molecule has 7 heteroatoms. The van der Waals surface area contributed by atoms with Crippen LogP contribution in [0.2, 0.25) is 0 Å². The van der Waals surface area contributed by atoms with Crippen molar-refractivity contribution in [3.63, 3.8) is 0 Å². The first-order valence-electron chi connectivity index (χ1n) is 8.28. The smallest absolute Gasteiger partial charge is 0.238 e. The number of halogens is 2. The third kappa shape index (κ3) is 3.72. The number of hydrogen-bond acceptors (Lipinski definition) is 3. The molecule has 0 radical (unpaired) electrons. The van der Waals surface area contributed by atoms with Crippen molar-refractivity contribution >= 4 is 35.0 Å². The Morgan fingerprint density at radius 3 is 2.77 bits per heavy atom. The van der Waals surface area contributed by atoms with Crippen LogP contribution in [0, 0.1) is 11.6 Å². The lowest BCUT2D eigenvalue weighted by molar-refractivity contribution is -0.116. The highest BCUT2D eigenvalue weighted by molar-refractivity contribution is 8.00. The lowest BCUT2D eigenvalue weighted by Crippen LogP contribution is -2.29. The lowest BCUT2D eigenvalue weighted by atomic mass is 10.1. The van der Waals surface area contributed by atoms with Crippen LogP contribution in [0.3, 0.4) is 0 Å². The van der Waals surface area contributed by atoms with E-state index in [0.29, 0.717) is 17.7 Å². The topological polar surface area (TPSA) is 49.4 Å². The predicted octanol–water partition coefficient (Wildman–Crippen LogP) is 4.48. The maximum absolute atomic E-state index is 14.3. The van der Waals surface area contributed by atoms with Gasteiger partial charge in [-0.2, -0.15) is 0 Å². The van der Waals surface area contributed by atoms with E-state index in [1.165, 1.54) is 22.7 Å². The summed E-state index contributed by atoms with van der Waals surface area (Å²) in [4.78, 5) is 25.7. The molecule has 0 spiro atoms. The number of nitrogens with zero attached hydrogens (tertiary/aromatic N) is 1. The second kappa shape index (κ2) is 7.86. The summed E-state index contributed by atoms with van der Waals surface area (Å²) in [5, 5.41) is 2.36. The van der Waals surface area contributed by atoms with Gasteiger partial charge in [0.1, 0.15) is 17.0 Å². The highest BCUT2D eigenvalue weighted by atomic mass is 32.2. The zero-order valence-electron chi connectivity index (χ0n) is 14.2. The summed E-state index contributed by atoms with van der Waals surface area (Å²) < 4.78 is 27.5. The largest absolute Gasteiger partial charge is 0.326 e. The first kappa shape index (κ1) is 18.4. The molecule has 0 unspecified atom stereocenters. The van der Waals surface area contributed by atoms with E-state index < -0.39 is 17.0 Å². The number of carbonyl (C=O) groups excluding carboxylic acids is 2. The SMILES string of the molecule is CCCC(=O)Nc1ccccc1[C@H]1SCC(=O)N1c1ccc(F)cc1F. The van der Waals surface area contributed by atoms with Crippen LogP contribution in [0.15, 0.2) is 42.5 Å². The van der Waals surface area contributed by atoms with Gasteiger partial charge in [0.05, 0.1) is 11.4 Å². The quantitative estimate of drug-likeness (QED) is 0.837. The van der Waals surface area contributed by atoms with Crippen molar-refractivity contribution in [1.29, 1.82) is 0 Å². The Bertz CT molecular complexity index is 844. The fourth-order valence-electron chi connectivity index (χ4n) is 2.86. The molecule has 26 heavy (non-hydrogen) atoms. The van der Waals surface area contributed by atoms with E-state index in [2.05, 4.69) is 5.32 Å². The minimum absolute atomic E-state index is 0.0288. The summed E-state index contributed by atoms with van der Waals surface area (Å²) >= 11 is 1.34. The van der Waals surface area contributed by atoms with Gasteiger partial charge in [-0.25, -0.2) is 8.78 Å². The van der Waals surface area contributed by atoms with E-state index in [1.54, 1.807) is 24.3 Å². The zero-order chi connectivity index (χ0) is 18.7. The van der Waals surface area contributed by atoms with Crippen LogP contribution >= 0.6 is 11.8 Å². The molecule has 1 heterocycles. The molecular weight excluding hydrogens is 358 g/mol. The van der Waals surface area contributed by atoms with Crippen molar-refractivity contribution in [2.24, 2.45) is 0 Å². The van der Waals surface area contributed by atoms with Crippen LogP contribution in [0.25, 0.3) is 0 Å². The minimum atomic E-state index is -0.793. The van der Waals surface area contributed by atoms with Crippen LogP contribution in [0.4, 0.5) is 20.2 Å². The Hall–Kier alpha value is -2.41. The average Bonchev–Trinajstić information content (AvgIpc) is 2.97. The molecule has 1 saturated heterocycles. The summed E-state index contributed by atoms with van der Waals surface area (Å²) in [6.07, 6.45) is 1.11. The molecule has 0 aromatic heterocycles. The monoisotopic (exact) mass is 376 g/mol. The fraction of sp³-hybridized carbons (Fsp3) is 0.263. The first-order chi connectivity index (χ1) is 12.5. The van der Waals surface area contributed by atoms with Crippen molar-refractivity contribution in [2.45, 2.75) is 25.1 Å². The number of carbonyl (C=O) groups is 2. The second-order valence-corrected chi connectivity index (χ2v) is 6.98. The standard InChI is InChI=1S/C19H18F2N2O2S/c1-2-5-17(24)22-15-7-4-3-6-13(15)19-23(18(25)11-26-19)16-9-8-12(20)10-14(16)21/h3-4,6-10,19H,2,5,11H2,1H3,(H,22,24)/t19-/m1/s1. The maximum atomic E-state index is 14.3. The van der Waals surface area contributed by atoms with Crippen molar-refractivity contribution in [3.05, 3.63) is 59.7 Å². The molecule has 4 nitrogen and oxygen atoms in total. The van der Waals surface area contributed by atoms with Gasteiger partial charge in [-0.15, -0.1) is 11.8 Å². The Balaban J connectivity index is 1.97. The predicted molar refractivity (Wildman–Crippen MR) is 99.0 cm³/mol. The number of rotatable bonds is 5. The molecule has 3 rings (SSSR count). The van der Waals surface area contributed by atoms with E-state index in [0.717, 1.165) is 18.6 Å². The van der Waals surface area contributed by atoms with Gasteiger partial charge in [-0.05, 0) is 24.6 Å². The van der Waals surface area contributed by atoms with Crippen LogP contribution < -0.4 is 10.2 Å².